The molecule has 3 nitrogen and oxygen atoms in total. The van der Waals surface area contributed by atoms with Crippen LogP contribution < -0.4 is 0 Å². The molecule has 0 aliphatic carbocycles. The highest BCUT2D eigenvalue weighted by Crippen LogP contribution is 2.34. The van der Waals surface area contributed by atoms with Gasteiger partial charge in [0.1, 0.15) is 5.03 Å². The van der Waals surface area contributed by atoms with E-state index >= 15 is 0 Å². The van der Waals surface area contributed by atoms with Gasteiger partial charge in [-0.3, -0.25) is 0 Å². The van der Waals surface area contributed by atoms with Gasteiger partial charge in [-0.15, -0.1) is 11.8 Å². The smallest absolute Gasteiger partial charge is 0.164 e. The summed E-state index contributed by atoms with van der Waals surface area (Å²) in [5.74, 6) is 1.10. The molecule has 154 valence electrons. The van der Waals surface area contributed by atoms with Crippen LogP contribution in [-0.4, -0.2) is 20.4 Å². The molecule has 2 heterocycles. The summed E-state index contributed by atoms with van der Waals surface area (Å²) in [7, 11) is 0. The molecule has 0 atom stereocenters. The van der Waals surface area contributed by atoms with Gasteiger partial charge >= 0.3 is 0 Å². The van der Waals surface area contributed by atoms with Crippen LogP contribution in [0, 0.1) is 13.8 Å². The van der Waals surface area contributed by atoms with Crippen molar-refractivity contribution in [3.8, 4) is 11.1 Å². The number of fused-ring (bicyclic) bond motifs is 1. The first kappa shape index (κ1) is 20.7. The molecule has 4 rings (SSSR count). The lowest BCUT2D eigenvalue weighted by Gasteiger charge is -2.14. The van der Waals surface area contributed by atoms with Crippen LogP contribution in [0.3, 0.4) is 0 Å². The molecule has 0 bridgehead atoms. The lowest BCUT2D eigenvalue weighted by atomic mass is 10.0. The van der Waals surface area contributed by atoms with Crippen LogP contribution in [0.2, 0.25) is 0 Å². The maximum Gasteiger partial charge on any atom is 0.164 e. The van der Waals surface area contributed by atoms with E-state index in [2.05, 4.69) is 86.0 Å². The lowest BCUT2D eigenvalue weighted by molar-refractivity contribution is 0.769. The third kappa shape index (κ3) is 4.29. The van der Waals surface area contributed by atoms with E-state index in [1.807, 2.05) is 11.8 Å². The molecule has 0 fully saturated rings. The van der Waals surface area contributed by atoms with Crippen LogP contribution in [-0.2, 0) is 6.42 Å². The molecule has 0 saturated heterocycles. The molecule has 0 aliphatic rings. The molecule has 4 heteroatoms. The van der Waals surface area contributed by atoms with Crippen LogP contribution >= 0.6 is 11.8 Å². The van der Waals surface area contributed by atoms with Crippen molar-refractivity contribution < 1.29 is 0 Å². The molecule has 0 amide bonds. The zero-order chi connectivity index (χ0) is 20.9. The first-order valence-corrected chi connectivity index (χ1v) is 11.8. The van der Waals surface area contributed by atoms with Crippen LogP contribution in [0.5, 0.6) is 0 Å². The minimum Gasteiger partial charge on any atom is -0.233 e. The largest absolute Gasteiger partial charge is 0.233 e. The van der Waals surface area contributed by atoms with Crippen LogP contribution in [0.4, 0.5) is 0 Å². The molecular weight excluding hydrogens is 386 g/mol. The van der Waals surface area contributed by atoms with E-state index in [1.54, 1.807) is 0 Å². The Labute approximate surface area is 183 Å². The molecule has 0 saturated carbocycles. The van der Waals surface area contributed by atoms with Gasteiger partial charge in [0, 0.05) is 23.2 Å². The predicted molar refractivity (Wildman–Crippen MR) is 127 cm³/mol. The molecule has 0 spiro atoms. The van der Waals surface area contributed by atoms with E-state index in [1.165, 1.54) is 41.0 Å². The third-order valence-electron chi connectivity index (χ3n) is 5.47. The average molecular weight is 416 g/mol. The van der Waals surface area contributed by atoms with Crippen LogP contribution in [0.1, 0.15) is 48.7 Å². The SMILES string of the molecule is CCCCCSc1c(Cc2ccccc2)c(C)nc2c(-c3ccccc3)c(C)nn12. The Morgan fingerprint density at radius 3 is 2.27 bits per heavy atom. The first-order valence-electron chi connectivity index (χ1n) is 10.8. The lowest BCUT2D eigenvalue weighted by Crippen LogP contribution is -2.06. The number of thioether (sulfide) groups is 1. The molecular formula is C26H29N3S. The molecule has 4 aromatic rings. The van der Waals surface area contributed by atoms with Crippen LogP contribution in [0.25, 0.3) is 16.8 Å². The fourth-order valence-electron chi connectivity index (χ4n) is 3.88. The highest BCUT2D eigenvalue weighted by atomic mass is 32.2. The van der Waals surface area contributed by atoms with Crippen molar-refractivity contribution >= 4 is 17.4 Å². The van der Waals surface area contributed by atoms with Crippen LogP contribution in [0.15, 0.2) is 65.7 Å². The monoisotopic (exact) mass is 415 g/mol. The summed E-state index contributed by atoms with van der Waals surface area (Å²) >= 11 is 1.93. The van der Waals surface area contributed by atoms with Gasteiger partial charge in [-0.05, 0) is 37.1 Å². The molecule has 0 aliphatic heterocycles. The molecule has 2 aromatic carbocycles. The predicted octanol–water partition coefficient (Wildman–Crippen LogP) is 6.89. The number of aryl methyl sites for hydroxylation is 2. The van der Waals surface area contributed by atoms with Gasteiger partial charge in [0.05, 0.1) is 5.69 Å². The highest BCUT2D eigenvalue weighted by molar-refractivity contribution is 7.99. The van der Waals surface area contributed by atoms with Crippen molar-refractivity contribution in [2.75, 3.05) is 5.75 Å². The van der Waals surface area contributed by atoms with E-state index in [0.717, 1.165) is 34.8 Å². The Balaban J connectivity index is 1.85. The van der Waals surface area contributed by atoms with Gasteiger partial charge in [0.2, 0.25) is 0 Å². The Bertz CT molecular complexity index is 1120. The van der Waals surface area contributed by atoms with Gasteiger partial charge in [-0.25, -0.2) is 9.50 Å². The molecule has 0 radical (unpaired) electrons. The summed E-state index contributed by atoms with van der Waals surface area (Å²) in [4.78, 5) is 5.06. The summed E-state index contributed by atoms with van der Waals surface area (Å²) in [6.45, 7) is 6.49. The number of hydrogen-bond donors (Lipinski definition) is 0. The first-order chi connectivity index (χ1) is 14.7. The number of nitrogens with zero attached hydrogens (tertiary/aromatic N) is 3. The number of rotatable bonds is 8. The number of aromatic nitrogens is 3. The third-order valence-corrected chi connectivity index (χ3v) is 6.66. The second-order valence-corrected chi connectivity index (χ2v) is 8.84. The van der Waals surface area contributed by atoms with E-state index < -0.39 is 0 Å². The average Bonchev–Trinajstić information content (AvgIpc) is 3.09. The Morgan fingerprint density at radius 2 is 1.57 bits per heavy atom. The number of benzene rings is 2. The zero-order valence-electron chi connectivity index (χ0n) is 18.1. The Kier molecular flexibility index (Phi) is 6.53. The van der Waals surface area contributed by atoms with Gasteiger partial charge in [0.15, 0.2) is 5.65 Å². The topological polar surface area (TPSA) is 30.2 Å². The summed E-state index contributed by atoms with van der Waals surface area (Å²) in [6.07, 6.45) is 4.61. The highest BCUT2D eigenvalue weighted by Gasteiger charge is 2.20. The van der Waals surface area contributed by atoms with Crippen molar-refractivity contribution in [1.29, 1.82) is 0 Å². The maximum atomic E-state index is 5.06. The molecule has 2 aromatic heterocycles. The van der Waals surface area contributed by atoms with Gasteiger partial charge in [-0.1, -0.05) is 80.4 Å². The quantitative estimate of drug-likeness (QED) is 0.178. The molecule has 0 N–H and O–H groups in total. The minimum absolute atomic E-state index is 0.880. The van der Waals surface area contributed by atoms with Crippen molar-refractivity contribution in [3.05, 3.63) is 83.2 Å². The van der Waals surface area contributed by atoms with Crippen molar-refractivity contribution in [2.45, 2.75) is 51.5 Å². The molecule has 30 heavy (non-hydrogen) atoms. The van der Waals surface area contributed by atoms with E-state index in [4.69, 9.17) is 10.1 Å². The fraction of sp³-hybridized carbons (Fsp3) is 0.308. The van der Waals surface area contributed by atoms with Crippen molar-refractivity contribution in [2.24, 2.45) is 0 Å². The van der Waals surface area contributed by atoms with E-state index in [9.17, 15) is 0 Å². The second kappa shape index (κ2) is 9.48. The van der Waals surface area contributed by atoms with E-state index in [-0.39, 0.29) is 0 Å². The Morgan fingerprint density at radius 1 is 0.867 bits per heavy atom. The Hall–Kier alpha value is -2.59. The minimum atomic E-state index is 0.880. The standard InChI is InChI=1S/C26H29N3S/c1-4-5-12-17-30-26-23(18-21-13-8-6-9-14-21)19(2)27-25-24(20(3)28-29(25)26)22-15-10-7-11-16-22/h6-11,13-16H,4-5,12,17-18H2,1-3H3. The van der Waals surface area contributed by atoms with Gasteiger partial charge in [0.25, 0.3) is 0 Å². The fourth-order valence-corrected chi connectivity index (χ4v) is 5.07. The van der Waals surface area contributed by atoms with Crippen molar-refractivity contribution in [1.82, 2.24) is 14.6 Å². The number of hydrogen-bond acceptors (Lipinski definition) is 3. The summed E-state index contributed by atoms with van der Waals surface area (Å²) in [6, 6.07) is 21.2. The van der Waals surface area contributed by atoms with Crippen molar-refractivity contribution in [3.63, 3.8) is 0 Å². The zero-order valence-corrected chi connectivity index (χ0v) is 18.9. The maximum absolute atomic E-state index is 5.06. The van der Waals surface area contributed by atoms with E-state index in [0.29, 0.717) is 0 Å². The second-order valence-electron chi connectivity index (χ2n) is 7.76. The van der Waals surface area contributed by atoms with Gasteiger partial charge in [-0.2, -0.15) is 5.10 Å². The number of unbranched alkanes of at least 4 members (excludes halogenated alkanes) is 2. The normalized spacial score (nSPS) is 11.3. The summed E-state index contributed by atoms with van der Waals surface area (Å²) in [5, 5.41) is 6.20. The molecule has 0 unspecified atom stereocenters. The van der Waals surface area contributed by atoms with Gasteiger partial charge < -0.3 is 0 Å². The summed E-state index contributed by atoms with van der Waals surface area (Å²) in [5.41, 5.74) is 8.00. The summed E-state index contributed by atoms with van der Waals surface area (Å²) < 4.78 is 2.10.